The van der Waals surface area contributed by atoms with Crippen LogP contribution in [0.4, 0.5) is 11.5 Å². The molecule has 1 aliphatic heterocycles. The fourth-order valence-electron chi connectivity index (χ4n) is 3.66. The molecule has 0 saturated carbocycles. The molecular weight excluding hydrogens is 418 g/mol. The molecule has 1 aliphatic rings. The lowest BCUT2D eigenvalue weighted by Crippen LogP contribution is -2.49. The van der Waals surface area contributed by atoms with Crippen LogP contribution in [0.5, 0.6) is 5.88 Å². The molecule has 1 fully saturated rings. The van der Waals surface area contributed by atoms with Gasteiger partial charge in [-0.1, -0.05) is 6.07 Å². The van der Waals surface area contributed by atoms with Crippen molar-refractivity contribution in [3.63, 3.8) is 0 Å². The molecule has 170 valence electrons. The lowest BCUT2D eigenvalue weighted by Gasteiger charge is -2.35. The maximum atomic E-state index is 12.6. The van der Waals surface area contributed by atoms with Crippen LogP contribution < -0.4 is 15.4 Å². The van der Waals surface area contributed by atoms with E-state index in [4.69, 9.17) is 15.9 Å². The van der Waals surface area contributed by atoms with Gasteiger partial charge in [0.25, 0.3) is 5.91 Å². The molecule has 0 aliphatic carbocycles. The summed E-state index contributed by atoms with van der Waals surface area (Å²) in [6.07, 6.45) is 4.80. The van der Waals surface area contributed by atoms with Crippen molar-refractivity contribution in [1.29, 1.82) is 5.41 Å². The summed E-state index contributed by atoms with van der Waals surface area (Å²) in [7, 11) is 0. The van der Waals surface area contributed by atoms with Crippen molar-refractivity contribution in [3.8, 4) is 5.88 Å². The van der Waals surface area contributed by atoms with Gasteiger partial charge in [0, 0.05) is 55.8 Å². The number of piperazine rings is 1. The highest BCUT2D eigenvalue weighted by Gasteiger charge is 2.24. The van der Waals surface area contributed by atoms with Gasteiger partial charge in [-0.2, -0.15) is 0 Å². The highest BCUT2D eigenvalue weighted by molar-refractivity contribution is 6.14. The quantitative estimate of drug-likeness (QED) is 0.559. The Morgan fingerprint density at radius 3 is 2.55 bits per heavy atom. The minimum atomic E-state index is -0.0636. The van der Waals surface area contributed by atoms with E-state index in [-0.39, 0.29) is 17.7 Å². The Hall–Kier alpha value is -4.01. The van der Waals surface area contributed by atoms with Crippen LogP contribution in [0.2, 0.25) is 0 Å². The molecule has 1 saturated heterocycles. The van der Waals surface area contributed by atoms with Gasteiger partial charge in [-0.05, 0) is 38.1 Å². The van der Waals surface area contributed by atoms with E-state index in [1.807, 2.05) is 26.0 Å². The number of amides is 1. The zero-order valence-corrected chi connectivity index (χ0v) is 18.7. The van der Waals surface area contributed by atoms with Crippen LogP contribution in [0.15, 0.2) is 55.0 Å². The van der Waals surface area contributed by atoms with Gasteiger partial charge in [0.1, 0.15) is 11.5 Å². The Labute approximate surface area is 192 Å². The van der Waals surface area contributed by atoms with Crippen LogP contribution >= 0.6 is 0 Å². The summed E-state index contributed by atoms with van der Waals surface area (Å²) in [5.74, 6) is 1.13. The third-order valence-electron chi connectivity index (χ3n) is 5.34. The van der Waals surface area contributed by atoms with Crippen molar-refractivity contribution in [2.45, 2.75) is 20.0 Å². The molecule has 0 aromatic carbocycles. The number of nitrogens with two attached hydrogens (primary N) is 1. The second kappa shape index (κ2) is 9.64. The summed E-state index contributed by atoms with van der Waals surface area (Å²) in [6, 6.07) is 10.7. The van der Waals surface area contributed by atoms with Gasteiger partial charge in [0.2, 0.25) is 5.88 Å². The molecule has 1 amide bonds. The Kier molecular flexibility index (Phi) is 6.48. The largest absolute Gasteiger partial charge is 0.475 e. The Bertz CT molecular complexity index is 1140. The summed E-state index contributed by atoms with van der Waals surface area (Å²) >= 11 is 0. The van der Waals surface area contributed by atoms with Crippen molar-refractivity contribution >= 4 is 23.1 Å². The van der Waals surface area contributed by atoms with Crippen molar-refractivity contribution in [1.82, 2.24) is 19.9 Å². The normalized spacial score (nSPS) is 13.8. The molecule has 3 aromatic heterocycles. The van der Waals surface area contributed by atoms with Crippen molar-refractivity contribution in [3.05, 3.63) is 71.8 Å². The predicted octanol–water partition coefficient (Wildman–Crippen LogP) is 2.62. The van der Waals surface area contributed by atoms with Gasteiger partial charge in [-0.3, -0.25) is 15.2 Å². The first-order chi connectivity index (χ1) is 15.9. The minimum absolute atomic E-state index is 0.0288. The van der Waals surface area contributed by atoms with Crippen molar-refractivity contribution in [2.75, 3.05) is 36.8 Å². The fourth-order valence-corrected chi connectivity index (χ4v) is 3.66. The van der Waals surface area contributed by atoms with E-state index >= 15 is 0 Å². The number of ether oxygens (including phenoxy) is 1. The number of aromatic nitrogens is 3. The Morgan fingerprint density at radius 1 is 1.06 bits per heavy atom. The molecular formula is C24H27N7O2. The number of pyridine rings is 3. The fraction of sp³-hybridized carbons (Fsp3) is 0.292. The molecule has 9 heteroatoms. The van der Waals surface area contributed by atoms with Crippen LogP contribution in [0, 0.1) is 5.41 Å². The average molecular weight is 446 g/mol. The summed E-state index contributed by atoms with van der Waals surface area (Å²) in [6.45, 7) is 6.28. The second-order valence-corrected chi connectivity index (χ2v) is 8.05. The smallest absolute Gasteiger partial charge is 0.272 e. The molecule has 0 spiro atoms. The van der Waals surface area contributed by atoms with Crippen molar-refractivity contribution in [2.24, 2.45) is 0 Å². The number of rotatable bonds is 6. The second-order valence-electron chi connectivity index (χ2n) is 8.05. The SMILES string of the molecule is CC(C)Oc1cc(C(=N)c2ccnc(N3CCN(C(=O)c4ccccn4)CC3)c2)c(N)cn1. The molecule has 4 heterocycles. The molecule has 3 aromatic rings. The number of anilines is 2. The first-order valence-electron chi connectivity index (χ1n) is 10.8. The molecule has 3 N–H and O–H groups in total. The molecule has 0 radical (unpaired) electrons. The summed E-state index contributed by atoms with van der Waals surface area (Å²) < 4.78 is 5.66. The monoisotopic (exact) mass is 445 g/mol. The maximum Gasteiger partial charge on any atom is 0.272 e. The number of hydrogen-bond donors (Lipinski definition) is 2. The maximum absolute atomic E-state index is 12.6. The van der Waals surface area contributed by atoms with Crippen LogP contribution in [-0.4, -0.2) is 63.8 Å². The summed E-state index contributed by atoms with van der Waals surface area (Å²) in [5, 5.41) is 8.72. The van der Waals surface area contributed by atoms with Gasteiger partial charge in [0.05, 0.1) is 23.7 Å². The molecule has 33 heavy (non-hydrogen) atoms. The first-order valence-corrected chi connectivity index (χ1v) is 10.8. The van der Waals surface area contributed by atoms with Gasteiger partial charge in [-0.25, -0.2) is 9.97 Å². The van der Waals surface area contributed by atoms with E-state index in [1.165, 1.54) is 6.20 Å². The standard InChI is InChI=1S/C24H27N7O2/c1-16(2)33-22-14-18(19(25)15-29-22)23(26)17-6-8-28-21(13-17)30-9-11-31(12-10-30)24(32)20-5-3-4-7-27-20/h3-8,13-16,26H,9-12,25H2,1-2H3. The van der Waals surface area contributed by atoms with E-state index in [0.717, 1.165) is 5.82 Å². The number of nitrogens with zero attached hydrogens (tertiary/aromatic N) is 5. The molecule has 0 unspecified atom stereocenters. The average Bonchev–Trinajstić information content (AvgIpc) is 2.85. The number of carbonyl (C=O) groups is 1. The molecule has 0 atom stereocenters. The number of nitrogen functional groups attached to an aromatic ring is 1. The zero-order chi connectivity index (χ0) is 23.4. The van der Waals surface area contributed by atoms with Crippen LogP contribution in [-0.2, 0) is 0 Å². The predicted molar refractivity (Wildman–Crippen MR) is 127 cm³/mol. The lowest BCUT2D eigenvalue weighted by molar-refractivity contribution is 0.0740. The van der Waals surface area contributed by atoms with E-state index in [0.29, 0.717) is 54.6 Å². The summed E-state index contributed by atoms with van der Waals surface area (Å²) in [5.41, 5.74) is 8.50. The van der Waals surface area contributed by atoms with E-state index < -0.39 is 0 Å². The van der Waals surface area contributed by atoms with Gasteiger partial charge < -0.3 is 20.3 Å². The number of hydrogen-bond acceptors (Lipinski definition) is 8. The third kappa shape index (κ3) is 5.08. The van der Waals surface area contributed by atoms with Gasteiger partial charge >= 0.3 is 0 Å². The summed E-state index contributed by atoms with van der Waals surface area (Å²) in [4.78, 5) is 29.4. The minimum Gasteiger partial charge on any atom is -0.475 e. The molecule has 0 bridgehead atoms. The van der Waals surface area contributed by atoms with Gasteiger partial charge in [0.15, 0.2) is 0 Å². The van der Waals surface area contributed by atoms with Crippen LogP contribution in [0.1, 0.15) is 35.5 Å². The first kappa shape index (κ1) is 22.2. The number of nitrogens with one attached hydrogen (secondary N) is 1. The third-order valence-corrected chi connectivity index (χ3v) is 5.34. The molecule has 9 nitrogen and oxygen atoms in total. The topological polar surface area (TPSA) is 121 Å². The Morgan fingerprint density at radius 2 is 1.85 bits per heavy atom. The highest BCUT2D eigenvalue weighted by Crippen LogP contribution is 2.23. The highest BCUT2D eigenvalue weighted by atomic mass is 16.5. The zero-order valence-electron chi connectivity index (χ0n) is 18.7. The van der Waals surface area contributed by atoms with Crippen LogP contribution in [0.25, 0.3) is 0 Å². The van der Waals surface area contributed by atoms with Gasteiger partial charge in [-0.15, -0.1) is 0 Å². The van der Waals surface area contributed by atoms with E-state index in [1.54, 1.807) is 41.6 Å². The van der Waals surface area contributed by atoms with Crippen LogP contribution in [0.3, 0.4) is 0 Å². The molecule has 4 rings (SSSR count). The lowest BCUT2D eigenvalue weighted by atomic mass is 10.0. The van der Waals surface area contributed by atoms with Crippen molar-refractivity contribution < 1.29 is 9.53 Å². The van der Waals surface area contributed by atoms with E-state index in [9.17, 15) is 4.79 Å². The Balaban J connectivity index is 1.47. The number of carbonyl (C=O) groups excluding carboxylic acids is 1. The van der Waals surface area contributed by atoms with E-state index in [2.05, 4.69) is 19.9 Å².